The molecule has 0 aliphatic heterocycles. The van der Waals surface area contributed by atoms with Crippen LogP contribution in [0.1, 0.15) is 29.9 Å². The van der Waals surface area contributed by atoms with Gasteiger partial charge in [0, 0.05) is 24.9 Å². The third kappa shape index (κ3) is 5.67. The number of hydrogen-bond donors (Lipinski definition) is 1. The van der Waals surface area contributed by atoms with E-state index >= 15 is 0 Å². The van der Waals surface area contributed by atoms with Gasteiger partial charge in [-0.05, 0) is 49.6 Å². The van der Waals surface area contributed by atoms with Crippen LogP contribution in [0.5, 0.6) is 5.75 Å². The lowest BCUT2D eigenvalue weighted by molar-refractivity contribution is -0.121. The summed E-state index contributed by atoms with van der Waals surface area (Å²) in [7, 11) is 1.63. The minimum Gasteiger partial charge on any atom is -0.497 e. The van der Waals surface area contributed by atoms with Crippen molar-refractivity contribution in [1.82, 2.24) is 15.5 Å². The van der Waals surface area contributed by atoms with E-state index < -0.39 is 0 Å². The zero-order chi connectivity index (χ0) is 19.8. The predicted octanol–water partition coefficient (Wildman–Crippen LogP) is 3.74. The quantitative estimate of drug-likeness (QED) is 0.613. The van der Waals surface area contributed by atoms with Gasteiger partial charge in [-0.25, -0.2) is 0 Å². The Morgan fingerprint density at radius 1 is 1.14 bits per heavy atom. The predicted molar refractivity (Wildman–Crippen MR) is 107 cm³/mol. The number of nitrogens with zero attached hydrogens (tertiary/aromatic N) is 2. The van der Waals surface area contributed by atoms with Crippen LogP contribution in [0, 0.1) is 6.92 Å². The second kappa shape index (κ2) is 9.69. The van der Waals surface area contributed by atoms with Gasteiger partial charge in [0.15, 0.2) is 0 Å². The van der Waals surface area contributed by atoms with Gasteiger partial charge in [0.2, 0.25) is 17.6 Å². The number of benzene rings is 2. The Morgan fingerprint density at radius 2 is 1.96 bits per heavy atom. The van der Waals surface area contributed by atoms with Crippen molar-refractivity contribution in [3.8, 4) is 17.1 Å². The molecule has 0 fully saturated rings. The van der Waals surface area contributed by atoms with E-state index in [0.29, 0.717) is 37.5 Å². The van der Waals surface area contributed by atoms with Crippen LogP contribution in [-0.2, 0) is 17.6 Å². The van der Waals surface area contributed by atoms with Gasteiger partial charge >= 0.3 is 0 Å². The molecular weight excluding hydrogens is 354 g/mol. The summed E-state index contributed by atoms with van der Waals surface area (Å²) in [4.78, 5) is 16.4. The minimum atomic E-state index is 0.0440. The average Bonchev–Trinajstić information content (AvgIpc) is 3.17. The highest BCUT2D eigenvalue weighted by molar-refractivity contribution is 5.75. The van der Waals surface area contributed by atoms with Crippen molar-refractivity contribution in [1.29, 1.82) is 0 Å². The third-order valence-corrected chi connectivity index (χ3v) is 4.43. The van der Waals surface area contributed by atoms with E-state index in [1.807, 2.05) is 30.3 Å². The average molecular weight is 379 g/mol. The Balaban J connectivity index is 1.38. The minimum absolute atomic E-state index is 0.0440. The summed E-state index contributed by atoms with van der Waals surface area (Å²) in [6.07, 6.45) is 2.52. The first-order valence-corrected chi connectivity index (χ1v) is 9.43. The molecule has 6 nitrogen and oxygen atoms in total. The highest BCUT2D eigenvalue weighted by Crippen LogP contribution is 2.20. The molecular formula is C22H25N3O3. The molecule has 3 rings (SSSR count). The number of aryl methyl sites for hydroxylation is 2. The van der Waals surface area contributed by atoms with E-state index in [0.717, 1.165) is 17.7 Å². The van der Waals surface area contributed by atoms with Crippen molar-refractivity contribution in [3.63, 3.8) is 0 Å². The molecule has 2 aromatic carbocycles. The molecule has 1 amide bonds. The van der Waals surface area contributed by atoms with Crippen LogP contribution in [0.3, 0.4) is 0 Å². The van der Waals surface area contributed by atoms with E-state index in [1.54, 1.807) is 7.11 Å². The third-order valence-electron chi connectivity index (χ3n) is 4.43. The summed E-state index contributed by atoms with van der Waals surface area (Å²) in [6, 6.07) is 15.8. The van der Waals surface area contributed by atoms with Crippen molar-refractivity contribution in [2.45, 2.75) is 32.6 Å². The van der Waals surface area contributed by atoms with Gasteiger partial charge in [-0.1, -0.05) is 35.0 Å². The fourth-order valence-electron chi connectivity index (χ4n) is 2.92. The molecule has 3 aromatic rings. The molecule has 0 spiro atoms. The van der Waals surface area contributed by atoms with E-state index in [1.165, 1.54) is 11.1 Å². The largest absolute Gasteiger partial charge is 0.497 e. The molecule has 0 aliphatic rings. The van der Waals surface area contributed by atoms with Crippen molar-refractivity contribution in [2.75, 3.05) is 13.7 Å². The maximum atomic E-state index is 12.0. The Hall–Kier alpha value is -3.15. The van der Waals surface area contributed by atoms with Gasteiger partial charge in [-0.2, -0.15) is 4.98 Å². The SMILES string of the molecule is COc1ccc(-c2noc(CCCC(=O)NCCc3cccc(C)c3)n2)cc1. The maximum absolute atomic E-state index is 12.0. The summed E-state index contributed by atoms with van der Waals surface area (Å²) in [6.45, 7) is 2.71. The molecule has 28 heavy (non-hydrogen) atoms. The summed E-state index contributed by atoms with van der Waals surface area (Å²) < 4.78 is 10.4. The summed E-state index contributed by atoms with van der Waals surface area (Å²) in [5.74, 6) is 1.90. The smallest absolute Gasteiger partial charge is 0.226 e. The molecule has 1 aromatic heterocycles. The zero-order valence-corrected chi connectivity index (χ0v) is 16.3. The fraction of sp³-hybridized carbons (Fsp3) is 0.318. The lowest BCUT2D eigenvalue weighted by atomic mass is 10.1. The van der Waals surface area contributed by atoms with E-state index in [-0.39, 0.29) is 5.91 Å². The Labute approximate surface area is 164 Å². The molecule has 6 heteroatoms. The number of hydrogen-bond acceptors (Lipinski definition) is 5. The van der Waals surface area contributed by atoms with Gasteiger partial charge in [0.05, 0.1) is 7.11 Å². The second-order valence-electron chi connectivity index (χ2n) is 6.68. The van der Waals surface area contributed by atoms with Crippen molar-refractivity contribution < 1.29 is 14.1 Å². The van der Waals surface area contributed by atoms with E-state index in [9.17, 15) is 4.79 Å². The summed E-state index contributed by atoms with van der Waals surface area (Å²) >= 11 is 0. The normalized spacial score (nSPS) is 10.6. The molecule has 0 saturated heterocycles. The molecule has 1 N–H and O–H groups in total. The number of nitrogens with one attached hydrogen (secondary N) is 1. The van der Waals surface area contributed by atoms with Crippen molar-refractivity contribution in [3.05, 3.63) is 65.5 Å². The van der Waals surface area contributed by atoms with Crippen LogP contribution in [0.25, 0.3) is 11.4 Å². The number of carbonyl (C=O) groups is 1. The molecule has 0 unspecified atom stereocenters. The molecule has 0 aliphatic carbocycles. The van der Waals surface area contributed by atoms with Crippen LogP contribution in [0.2, 0.25) is 0 Å². The number of aromatic nitrogens is 2. The lowest BCUT2D eigenvalue weighted by Gasteiger charge is -2.05. The van der Waals surface area contributed by atoms with Crippen LogP contribution in [0.4, 0.5) is 0 Å². The fourth-order valence-corrected chi connectivity index (χ4v) is 2.92. The highest BCUT2D eigenvalue weighted by Gasteiger charge is 2.10. The second-order valence-corrected chi connectivity index (χ2v) is 6.68. The van der Waals surface area contributed by atoms with Gasteiger partial charge in [0.25, 0.3) is 0 Å². The first-order chi connectivity index (χ1) is 13.6. The van der Waals surface area contributed by atoms with Gasteiger partial charge < -0.3 is 14.6 Å². The Bertz CT molecular complexity index is 903. The lowest BCUT2D eigenvalue weighted by Crippen LogP contribution is -2.25. The molecule has 0 radical (unpaired) electrons. The number of ether oxygens (including phenoxy) is 1. The molecule has 1 heterocycles. The van der Waals surface area contributed by atoms with Crippen LogP contribution >= 0.6 is 0 Å². The summed E-state index contributed by atoms with van der Waals surface area (Å²) in [5.41, 5.74) is 3.33. The molecule has 146 valence electrons. The maximum Gasteiger partial charge on any atom is 0.226 e. The van der Waals surface area contributed by atoms with Crippen LogP contribution in [-0.4, -0.2) is 29.7 Å². The molecule has 0 saturated carbocycles. The monoisotopic (exact) mass is 379 g/mol. The number of amides is 1. The van der Waals surface area contributed by atoms with Crippen molar-refractivity contribution >= 4 is 5.91 Å². The number of methoxy groups -OCH3 is 1. The topological polar surface area (TPSA) is 77.2 Å². The standard InChI is InChI=1S/C22H25N3O3/c1-16-5-3-6-17(15-16)13-14-23-20(26)7-4-8-21-24-22(25-28-21)18-9-11-19(27-2)12-10-18/h3,5-6,9-12,15H,4,7-8,13-14H2,1-2H3,(H,23,26). The molecule has 0 bridgehead atoms. The number of rotatable bonds is 9. The van der Waals surface area contributed by atoms with Gasteiger partial charge in [-0.15, -0.1) is 0 Å². The highest BCUT2D eigenvalue weighted by atomic mass is 16.5. The van der Waals surface area contributed by atoms with Gasteiger partial charge in [-0.3, -0.25) is 4.79 Å². The van der Waals surface area contributed by atoms with Crippen molar-refractivity contribution in [2.24, 2.45) is 0 Å². The Morgan fingerprint density at radius 3 is 2.71 bits per heavy atom. The van der Waals surface area contributed by atoms with E-state index in [2.05, 4.69) is 40.6 Å². The first kappa shape index (κ1) is 19.6. The Kier molecular flexibility index (Phi) is 6.78. The van der Waals surface area contributed by atoms with Gasteiger partial charge in [0.1, 0.15) is 5.75 Å². The number of carbonyl (C=O) groups excluding carboxylic acids is 1. The first-order valence-electron chi connectivity index (χ1n) is 9.43. The van der Waals surface area contributed by atoms with Crippen LogP contribution in [0.15, 0.2) is 53.1 Å². The van der Waals surface area contributed by atoms with Crippen LogP contribution < -0.4 is 10.1 Å². The zero-order valence-electron chi connectivity index (χ0n) is 16.3. The molecule has 0 atom stereocenters. The summed E-state index contributed by atoms with van der Waals surface area (Å²) in [5, 5.41) is 6.96. The van der Waals surface area contributed by atoms with E-state index in [4.69, 9.17) is 9.26 Å².